The molecule has 1 atom stereocenters. The molecule has 0 spiro atoms. The van der Waals surface area contributed by atoms with E-state index >= 15 is 0 Å². The molecule has 5 nitrogen and oxygen atoms in total. The van der Waals surface area contributed by atoms with Crippen LogP contribution >= 0.6 is 0 Å². The van der Waals surface area contributed by atoms with Crippen molar-refractivity contribution >= 4 is 5.95 Å². The van der Waals surface area contributed by atoms with Crippen LogP contribution in [0.2, 0.25) is 0 Å². The Morgan fingerprint density at radius 3 is 2.47 bits per heavy atom. The van der Waals surface area contributed by atoms with Gasteiger partial charge in [0.05, 0.1) is 18.0 Å². The van der Waals surface area contributed by atoms with Gasteiger partial charge in [-0.1, -0.05) is 26.7 Å². The first-order chi connectivity index (χ1) is 9.01. The van der Waals surface area contributed by atoms with Crippen molar-refractivity contribution in [1.82, 2.24) is 14.9 Å². The van der Waals surface area contributed by atoms with Crippen molar-refractivity contribution in [2.24, 2.45) is 13.0 Å². The summed E-state index contributed by atoms with van der Waals surface area (Å²) in [5, 5.41) is 13.4. The van der Waals surface area contributed by atoms with E-state index in [1.165, 1.54) is 0 Å². The first-order valence-electron chi connectivity index (χ1n) is 7.07. The average molecular weight is 268 g/mol. The first kappa shape index (κ1) is 16.0. The molecule has 1 heterocycles. The molecule has 19 heavy (non-hydrogen) atoms. The van der Waals surface area contributed by atoms with Crippen LogP contribution in [0.3, 0.4) is 0 Å². The van der Waals surface area contributed by atoms with Gasteiger partial charge in [0.1, 0.15) is 0 Å². The molecule has 1 aromatic rings. The van der Waals surface area contributed by atoms with Crippen LogP contribution in [0.1, 0.15) is 32.4 Å². The lowest BCUT2D eigenvalue weighted by Crippen LogP contribution is -2.32. The molecule has 1 aromatic heterocycles. The van der Waals surface area contributed by atoms with E-state index in [0.29, 0.717) is 12.5 Å². The number of aromatic nitrogens is 2. The van der Waals surface area contributed by atoms with E-state index in [2.05, 4.69) is 28.7 Å². The van der Waals surface area contributed by atoms with E-state index in [4.69, 9.17) is 0 Å². The summed E-state index contributed by atoms with van der Waals surface area (Å²) in [6, 6.07) is 0. The van der Waals surface area contributed by atoms with E-state index < -0.39 is 0 Å². The molecule has 0 fully saturated rings. The minimum absolute atomic E-state index is 0.267. The topological polar surface area (TPSA) is 53.3 Å². The van der Waals surface area contributed by atoms with E-state index in [9.17, 15) is 5.11 Å². The van der Waals surface area contributed by atoms with Gasteiger partial charge in [0.2, 0.25) is 5.95 Å². The van der Waals surface area contributed by atoms with Gasteiger partial charge in [-0.3, -0.25) is 0 Å². The van der Waals surface area contributed by atoms with Gasteiger partial charge >= 0.3 is 0 Å². The predicted molar refractivity (Wildman–Crippen MR) is 79.3 cm³/mol. The van der Waals surface area contributed by atoms with Crippen molar-refractivity contribution < 1.29 is 5.11 Å². The van der Waals surface area contributed by atoms with E-state index in [0.717, 1.165) is 31.0 Å². The van der Waals surface area contributed by atoms with Crippen LogP contribution in [-0.2, 0) is 13.6 Å². The number of aliphatic hydroxyl groups excluding tert-OH is 1. The van der Waals surface area contributed by atoms with Crippen LogP contribution < -0.4 is 10.2 Å². The van der Waals surface area contributed by atoms with E-state index in [1.54, 1.807) is 0 Å². The number of rotatable bonds is 8. The summed E-state index contributed by atoms with van der Waals surface area (Å²) in [5.74, 6) is 1.33. The van der Waals surface area contributed by atoms with Crippen molar-refractivity contribution in [2.75, 3.05) is 25.5 Å². The molecule has 5 heteroatoms. The van der Waals surface area contributed by atoms with Gasteiger partial charge in [0, 0.05) is 34.2 Å². The Morgan fingerprint density at radius 2 is 2.00 bits per heavy atom. The summed E-state index contributed by atoms with van der Waals surface area (Å²) in [6.45, 7) is 5.62. The Kier molecular flexibility index (Phi) is 6.31. The molecule has 110 valence electrons. The number of nitrogens with zero attached hydrogens (tertiary/aromatic N) is 3. The van der Waals surface area contributed by atoms with Gasteiger partial charge < -0.3 is 19.9 Å². The summed E-state index contributed by atoms with van der Waals surface area (Å²) < 4.78 is 2.07. The highest BCUT2D eigenvalue weighted by atomic mass is 16.3. The van der Waals surface area contributed by atoms with Crippen LogP contribution in [0.5, 0.6) is 0 Å². The third-order valence-corrected chi connectivity index (χ3v) is 3.71. The van der Waals surface area contributed by atoms with Crippen LogP contribution in [0.4, 0.5) is 5.95 Å². The number of hydrogen-bond donors (Lipinski definition) is 2. The normalized spacial score (nSPS) is 13.0. The molecule has 0 aliphatic heterocycles. The molecule has 2 N–H and O–H groups in total. The molecule has 1 unspecified atom stereocenters. The quantitative estimate of drug-likeness (QED) is 0.748. The van der Waals surface area contributed by atoms with E-state index in [-0.39, 0.29) is 6.10 Å². The van der Waals surface area contributed by atoms with Gasteiger partial charge in [-0.2, -0.15) is 0 Å². The van der Waals surface area contributed by atoms with Gasteiger partial charge in [-0.05, 0) is 5.92 Å². The van der Waals surface area contributed by atoms with Crippen LogP contribution in [0.15, 0.2) is 6.20 Å². The summed E-state index contributed by atoms with van der Waals surface area (Å²) >= 11 is 0. The van der Waals surface area contributed by atoms with Crippen LogP contribution in [-0.4, -0.2) is 41.4 Å². The molecule has 0 aliphatic carbocycles. The fourth-order valence-corrected chi connectivity index (χ4v) is 2.36. The Labute approximate surface area is 116 Å². The lowest BCUT2D eigenvalue weighted by Gasteiger charge is -2.20. The summed E-state index contributed by atoms with van der Waals surface area (Å²) in [5.41, 5.74) is 1.13. The number of aliphatic hydroxyl groups is 1. The number of nitrogens with one attached hydrogen (secondary N) is 1. The maximum absolute atomic E-state index is 10.1. The van der Waals surface area contributed by atoms with Gasteiger partial charge in [0.25, 0.3) is 0 Å². The maximum atomic E-state index is 10.1. The van der Waals surface area contributed by atoms with Crippen LogP contribution in [0, 0.1) is 5.92 Å². The van der Waals surface area contributed by atoms with Gasteiger partial charge in [-0.25, -0.2) is 4.98 Å². The molecule has 0 aromatic carbocycles. The monoisotopic (exact) mass is 268 g/mol. The lowest BCUT2D eigenvalue weighted by atomic mass is 9.96. The molecule has 0 saturated heterocycles. The Hall–Kier alpha value is -1.07. The number of hydrogen-bond acceptors (Lipinski definition) is 4. The van der Waals surface area contributed by atoms with Crippen LogP contribution in [0.25, 0.3) is 0 Å². The number of imidazole rings is 1. The fraction of sp³-hybridized carbons (Fsp3) is 0.786. The van der Waals surface area contributed by atoms with Crippen molar-refractivity contribution in [3.8, 4) is 0 Å². The van der Waals surface area contributed by atoms with Crippen molar-refractivity contribution in [3.05, 3.63) is 11.9 Å². The standard InChI is InChI=1S/C14H28N4O/c1-6-11(7-2)13(19)10-15-8-12-9-16-14(17(3)4)18(12)5/h9,11,13,15,19H,6-8,10H2,1-5H3. The molecule has 0 amide bonds. The summed E-state index contributed by atoms with van der Waals surface area (Å²) in [4.78, 5) is 6.36. The zero-order chi connectivity index (χ0) is 14.4. The summed E-state index contributed by atoms with van der Waals surface area (Å²) in [7, 11) is 5.98. The zero-order valence-corrected chi connectivity index (χ0v) is 12.8. The molecule has 1 rings (SSSR count). The van der Waals surface area contributed by atoms with Gasteiger partial charge in [0.15, 0.2) is 0 Å². The number of anilines is 1. The highest BCUT2D eigenvalue weighted by Gasteiger charge is 2.15. The second kappa shape index (κ2) is 7.50. The first-order valence-corrected chi connectivity index (χ1v) is 7.07. The third-order valence-electron chi connectivity index (χ3n) is 3.71. The molecular formula is C14H28N4O. The largest absolute Gasteiger partial charge is 0.392 e. The van der Waals surface area contributed by atoms with E-state index in [1.807, 2.05) is 32.2 Å². The van der Waals surface area contributed by atoms with Crippen molar-refractivity contribution in [1.29, 1.82) is 0 Å². The molecular weight excluding hydrogens is 240 g/mol. The third kappa shape index (κ3) is 4.21. The smallest absolute Gasteiger partial charge is 0.204 e. The van der Waals surface area contributed by atoms with Crippen molar-refractivity contribution in [3.63, 3.8) is 0 Å². The predicted octanol–water partition coefficient (Wildman–Crippen LogP) is 1.37. The zero-order valence-electron chi connectivity index (χ0n) is 12.8. The Balaban J connectivity index is 2.45. The maximum Gasteiger partial charge on any atom is 0.204 e. The average Bonchev–Trinajstić information content (AvgIpc) is 2.73. The minimum atomic E-state index is -0.267. The Bertz CT molecular complexity index is 372. The Morgan fingerprint density at radius 1 is 1.37 bits per heavy atom. The molecule has 0 aliphatic rings. The molecule has 0 bridgehead atoms. The second-order valence-electron chi connectivity index (χ2n) is 5.28. The second-order valence-corrected chi connectivity index (χ2v) is 5.28. The highest BCUT2D eigenvalue weighted by Crippen LogP contribution is 2.13. The highest BCUT2D eigenvalue weighted by molar-refractivity contribution is 5.30. The SMILES string of the molecule is CCC(CC)C(O)CNCc1cnc(N(C)C)n1C. The minimum Gasteiger partial charge on any atom is -0.392 e. The van der Waals surface area contributed by atoms with Gasteiger partial charge in [-0.15, -0.1) is 0 Å². The molecule has 0 radical (unpaired) electrons. The fourth-order valence-electron chi connectivity index (χ4n) is 2.36. The van der Waals surface area contributed by atoms with Crippen molar-refractivity contribution in [2.45, 2.75) is 39.3 Å². The summed E-state index contributed by atoms with van der Waals surface area (Å²) in [6.07, 6.45) is 3.66. The lowest BCUT2D eigenvalue weighted by molar-refractivity contribution is 0.101. The molecule has 0 saturated carbocycles.